The summed E-state index contributed by atoms with van der Waals surface area (Å²) < 4.78 is 0. The first-order valence-electron chi connectivity index (χ1n) is 8.05. The highest BCUT2D eigenvalue weighted by molar-refractivity contribution is 4.89. The highest BCUT2D eigenvalue weighted by Gasteiger charge is 2.31. The van der Waals surface area contributed by atoms with Gasteiger partial charge in [-0.15, -0.1) is 0 Å². The monoisotopic (exact) mass is 251 g/mol. The van der Waals surface area contributed by atoms with Crippen LogP contribution in [0.3, 0.4) is 0 Å². The molecule has 0 bridgehead atoms. The van der Waals surface area contributed by atoms with Crippen molar-refractivity contribution in [3.8, 4) is 0 Å². The van der Waals surface area contributed by atoms with Gasteiger partial charge in [-0.1, -0.05) is 13.3 Å². The van der Waals surface area contributed by atoms with Crippen molar-refractivity contribution in [2.24, 2.45) is 5.92 Å². The van der Waals surface area contributed by atoms with E-state index in [1.807, 2.05) is 0 Å². The Hall–Kier alpha value is -0.120. The molecule has 1 N–H and O–H groups in total. The standard InChI is InChI=1S/C15H29N3/c1-2-13-3-5-14(6-4-13)17-7-9-18(10-8-17)15-11-16-12-15/h13-16H,2-12H2,1H3. The van der Waals surface area contributed by atoms with Gasteiger partial charge in [-0.3, -0.25) is 9.80 Å². The maximum Gasteiger partial charge on any atom is 0.0346 e. The molecule has 0 atom stereocenters. The molecule has 1 saturated carbocycles. The Morgan fingerprint density at radius 3 is 1.83 bits per heavy atom. The summed E-state index contributed by atoms with van der Waals surface area (Å²) in [7, 11) is 0. The highest BCUT2D eigenvalue weighted by atomic mass is 15.3. The molecule has 18 heavy (non-hydrogen) atoms. The zero-order valence-electron chi connectivity index (χ0n) is 11.9. The highest BCUT2D eigenvalue weighted by Crippen LogP contribution is 2.30. The molecular weight excluding hydrogens is 222 g/mol. The third-order valence-corrected chi connectivity index (χ3v) is 5.54. The predicted octanol–water partition coefficient (Wildman–Crippen LogP) is 1.54. The van der Waals surface area contributed by atoms with Crippen molar-refractivity contribution in [2.45, 2.75) is 51.1 Å². The summed E-state index contributed by atoms with van der Waals surface area (Å²) in [5.74, 6) is 1.03. The topological polar surface area (TPSA) is 18.5 Å². The third kappa shape index (κ3) is 2.73. The Bertz CT molecular complexity index is 248. The van der Waals surface area contributed by atoms with E-state index in [1.54, 1.807) is 0 Å². The van der Waals surface area contributed by atoms with Gasteiger partial charge in [-0.2, -0.15) is 0 Å². The molecule has 2 heterocycles. The van der Waals surface area contributed by atoms with E-state index in [9.17, 15) is 0 Å². The molecule has 0 spiro atoms. The summed E-state index contributed by atoms with van der Waals surface area (Å²) in [5, 5.41) is 3.39. The molecule has 104 valence electrons. The van der Waals surface area contributed by atoms with Crippen LogP contribution in [0, 0.1) is 5.92 Å². The predicted molar refractivity (Wildman–Crippen MR) is 75.8 cm³/mol. The Labute approximate surface area is 112 Å². The van der Waals surface area contributed by atoms with E-state index in [4.69, 9.17) is 0 Å². The van der Waals surface area contributed by atoms with E-state index in [2.05, 4.69) is 22.0 Å². The number of rotatable bonds is 3. The van der Waals surface area contributed by atoms with Crippen LogP contribution in [-0.4, -0.2) is 61.2 Å². The van der Waals surface area contributed by atoms with E-state index in [0.29, 0.717) is 0 Å². The lowest BCUT2D eigenvalue weighted by atomic mass is 9.84. The van der Waals surface area contributed by atoms with Gasteiger partial charge in [0, 0.05) is 51.4 Å². The van der Waals surface area contributed by atoms with Crippen molar-refractivity contribution in [1.29, 1.82) is 0 Å². The lowest BCUT2D eigenvalue weighted by molar-refractivity contribution is 0.0372. The Balaban J connectivity index is 1.42. The van der Waals surface area contributed by atoms with Gasteiger partial charge < -0.3 is 5.32 Å². The van der Waals surface area contributed by atoms with E-state index in [-0.39, 0.29) is 0 Å². The van der Waals surface area contributed by atoms with Crippen LogP contribution in [0.15, 0.2) is 0 Å². The summed E-state index contributed by atoms with van der Waals surface area (Å²) in [6.07, 6.45) is 7.28. The van der Waals surface area contributed by atoms with Gasteiger partial charge in [0.15, 0.2) is 0 Å². The largest absolute Gasteiger partial charge is 0.314 e. The fourth-order valence-corrected chi connectivity index (χ4v) is 3.92. The number of hydrogen-bond acceptors (Lipinski definition) is 3. The maximum atomic E-state index is 3.39. The van der Waals surface area contributed by atoms with Crippen molar-refractivity contribution in [1.82, 2.24) is 15.1 Å². The van der Waals surface area contributed by atoms with Crippen LogP contribution in [0.4, 0.5) is 0 Å². The second kappa shape index (κ2) is 5.89. The van der Waals surface area contributed by atoms with Crippen LogP contribution < -0.4 is 5.32 Å². The maximum absolute atomic E-state index is 3.39. The molecule has 1 aliphatic carbocycles. The molecule has 3 aliphatic rings. The summed E-state index contributed by atoms with van der Waals surface area (Å²) >= 11 is 0. The van der Waals surface area contributed by atoms with Gasteiger partial charge in [0.2, 0.25) is 0 Å². The molecule has 2 aliphatic heterocycles. The van der Waals surface area contributed by atoms with Gasteiger partial charge >= 0.3 is 0 Å². The van der Waals surface area contributed by atoms with Crippen molar-refractivity contribution >= 4 is 0 Å². The van der Waals surface area contributed by atoms with Crippen molar-refractivity contribution in [3.05, 3.63) is 0 Å². The van der Waals surface area contributed by atoms with Gasteiger partial charge in [-0.05, 0) is 31.6 Å². The summed E-state index contributed by atoms with van der Waals surface area (Å²) in [4.78, 5) is 5.49. The molecule has 0 amide bonds. The molecule has 3 nitrogen and oxygen atoms in total. The molecule has 0 aromatic heterocycles. The van der Waals surface area contributed by atoms with Crippen LogP contribution in [-0.2, 0) is 0 Å². The first-order valence-corrected chi connectivity index (χ1v) is 8.05. The van der Waals surface area contributed by atoms with Crippen LogP contribution >= 0.6 is 0 Å². The fraction of sp³-hybridized carbons (Fsp3) is 1.00. The van der Waals surface area contributed by atoms with E-state index in [0.717, 1.165) is 18.0 Å². The Morgan fingerprint density at radius 1 is 0.833 bits per heavy atom. The third-order valence-electron chi connectivity index (χ3n) is 5.54. The van der Waals surface area contributed by atoms with Gasteiger partial charge in [0.25, 0.3) is 0 Å². The summed E-state index contributed by atoms with van der Waals surface area (Å²) in [6, 6.07) is 1.76. The molecule has 3 heteroatoms. The molecule has 0 aromatic rings. The minimum Gasteiger partial charge on any atom is -0.314 e. The molecular formula is C15H29N3. The zero-order valence-corrected chi connectivity index (χ0v) is 11.9. The first kappa shape index (κ1) is 12.9. The molecule has 3 fully saturated rings. The molecule has 0 unspecified atom stereocenters. The smallest absolute Gasteiger partial charge is 0.0346 e. The van der Waals surface area contributed by atoms with Crippen LogP contribution in [0.25, 0.3) is 0 Å². The second-order valence-electron chi connectivity index (χ2n) is 6.47. The summed E-state index contributed by atoms with van der Waals surface area (Å²) in [5.41, 5.74) is 0. The number of nitrogens with one attached hydrogen (secondary N) is 1. The molecule has 0 radical (unpaired) electrons. The minimum absolute atomic E-state index is 0.850. The van der Waals surface area contributed by atoms with Crippen molar-refractivity contribution < 1.29 is 0 Å². The number of hydrogen-bond donors (Lipinski definition) is 1. The second-order valence-corrected chi connectivity index (χ2v) is 6.47. The molecule has 0 aromatic carbocycles. The van der Waals surface area contributed by atoms with Gasteiger partial charge in [0.1, 0.15) is 0 Å². The van der Waals surface area contributed by atoms with Crippen LogP contribution in [0.1, 0.15) is 39.0 Å². The Kier molecular flexibility index (Phi) is 4.22. The lowest BCUT2D eigenvalue weighted by Crippen LogP contribution is -2.62. The van der Waals surface area contributed by atoms with Gasteiger partial charge in [-0.25, -0.2) is 0 Å². The van der Waals surface area contributed by atoms with E-state index < -0.39 is 0 Å². The minimum atomic E-state index is 0.850. The lowest BCUT2D eigenvalue weighted by Gasteiger charge is -2.46. The number of nitrogens with zero attached hydrogens (tertiary/aromatic N) is 2. The molecule has 3 rings (SSSR count). The van der Waals surface area contributed by atoms with Gasteiger partial charge in [0.05, 0.1) is 0 Å². The van der Waals surface area contributed by atoms with Crippen molar-refractivity contribution in [3.63, 3.8) is 0 Å². The van der Waals surface area contributed by atoms with Crippen molar-refractivity contribution in [2.75, 3.05) is 39.3 Å². The van der Waals surface area contributed by atoms with Crippen LogP contribution in [0.5, 0.6) is 0 Å². The average Bonchev–Trinajstić information content (AvgIpc) is 2.38. The number of piperazine rings is 1. The average molecular weight is 251 g/mol. The Morgan fingerprint density at radius 2 is 1.39 bits per heavy atom. The fourth-order valence-electron chi connectivity index (χ4n) is 3.92. The zero-order chi connectivity index (χ0) is 12.4. The quantitative estimate of drug-likeness (QED) is 0.821. The summed E-state index contributed by atoms with van der Waals surface area (Å²) in [6.45, 7) is 10.1. The van der Waals surface area contributed by atoms with E-state index >= 15 is 0 Å². The molecule has 2 saturated heterocycles. The van der Waals surface area contributed by atoms with Crippen LogP contribution in [0.2, 0.25) is 0 Å². The normalized spacial score (nSPS) is 36.5. The SMILES string of the molecule is CCC1CCC(N2CCN(C3CNC3)CC2)CC1. The first-order chi connectivity index (χ1) is 8.86. The van der Waals surface area contributed by atoms with E-state index in [1.165, 1.54) is 71.4 Å².